The molecule has 6 heteroatoms. The Kier molecular flexibility index (Phi) is 3.91. The summed E-state index contributed by atoms with van der Waals surface area (Å²) in [6.07, 6.45) is 0. The lowest BCUT2D eigenvalue weighted by Gasteiger charge is -2.13. The molecule has 102 valence electrons. The number of hydrogen-bond donors (Lipinski definition) is 1. The van der Waals surface area contributed by atoms with E-state index in [1.807, 2.05) is 12.1 Å². The molecule has 2 aromatic rings. The van der Waals surface area contributed by atoms with Crippen molar-refractivity contribution in [2.24, 2.45) is 0 Å². The summed E-state index contributed by atoms with van der Waals surface area (Å²) in [6, 6.07) is 5.36. The molecule has 0 aliphatic carbocycles. The molecule has 0 unspecified atom stereocenters. The maximum Gasteiger partial charge on any atom is 0.222 e. The summed E-state index contributed by atoms with van der Waals surface area (Å²) in [5, 5.41) is 3.89. The molecule has 19 heavy (non-hydrogen) atoms. The van der Waals surface area contributed by atoms with Gasteiger partial charge in [0.25, 0.3) is 0 Å². The minimum Gasteiger partial charge on any atom is -0.496 e. The van der Waals surface area contributed by atoms with E-state index < -0.39 is 0 Å². The van der Waals surface area contributed by atoms with Gasteiger partial charge in [-0.3, -0.25) is 0 Å². The molecular weight excluding hydrogens is 248 g/mol. The zero-order chi connectivity index (χ0) is 13.8. The Labute approximate surface area is 111 Å². The number of hydrogen-bond acceptors (Lipinski definition) is 6. The van der Waals surface area contributed by atoms with Gasteiger partial charge in [0.15, 0.2) is 0 Å². The maximum absolute atomic E-state index is 5.55. The zero-order valence-corrected chi connectivity index (χ0v) is 11.1. The van der Waals surface area contributed by atoms with Crippen molar-refractivity contribution in [3.63, 3.8) is 0 Å². The number of methoxy groups -OCH3 is 3. The third kappa shape index (κ3) is 2.63. The van der Waals surface area contributed by atoms with E-state index in [1.165, 1.54) is 0 Å². The molecule has 1 aromatic carbocycles. The molecule has 6 nitrogen and oxygen atoms in total. The molecule has 1 aromatic heterocycles. The average Bonchev–Trinajstić information content (AvgIpc) is 2.84. The van der Waals surface area contributed by atoms with E-state index in [4.69, 9.17) is 24.5 Å². The normalized spacial score (nSPS) is 10.5. The van der Waals surface area contributed by atoms with Crippen LogP contribution in [0.15, 0.2) is 22.7 Å². The van der Waals surface area contributed by atoms with E-state index in [0.29, 0.717) is 29.4 Å². The zero-order valence-electron chi connectivity index (χ0n) is 11.1. The first-order valence-electron chi connectivity index (χ1n) is 5.66. The highest BCUT2D eigenvalue weighted by Crippen LogP contribution is 2.39. The Morgan fingerprint density at radius 1 is 1.11 bits per heavy atom. The number of aromatic nitrogens is 1. The quantitative estimate of drug-likeness (QED) is 0.890. The molecule has 0 fully saturated rings. The second-order valence-electron chi connectivity index (χ2n) is 3.92. The van der Waals surface area contributed by atoms with Gasteiger partial charge in [-0.1, -0.05) is 5.16 Å². The van der Waals surface area contributed by atoms with Crippen LogP contribution in [0.3, 0.4) is 0 Å². The molecule has 1 heterocycles. The van der Waals surface area contributed by atoms with Gasteiger partial charge in [0.2, 0.25) is 5.88 Å². The number of nitrogen functional groups attached to an aromatic ring is 1. The highest BCUT2D eigenvalue weighted by atomic mass is 16.5. The number of anilines is 1. The average molecular weight is 264 g/mol. The molecule has 0 amide bonds. The number of nitrogens with two attached hydrogens (primary N) is 1. The third-order valence-corrected chi connectivity index (χ3v) is 2.66. The monoisotopic (exact) mass is 264 g/mol. The van der Waals surface area contributed by atoms with Gasteiger partial charge in [0, 0.05) is 13.2 Å². The van der Waals surface area contributed by atoms with Crippen molar-refractivity contribution in [1.82, 2.24) is 5.16 Å². The van der Waals surface area contributed by atoms with Crippen LogP contribution in [-0.2, 0) is 11.3 Å². The van der Waals surface area contributed by atoms with Crippen molar-refractivity contribution >= 4 is 5.88 Å². The van der Waals surface area contributed by atoms with Gasteiger partial charge in [-0.25, -0.2) is 0 Å². The van der Waals surface area contributed by atoms with E-state index in [2.05, 4.69) is 5.16 Å². The lowest BCUT2D eigenvalue weighted by molar-refractivity contribution is 0.184. The minimum absolute atomic E-state index is 0.236. The molecule has 0 saturated heterocycles. The van der Waals surface area contributed by atoms with E-state index in [9.17, 15) is 0 Å². The summed E-state index contributed by atoms with van der Waals surface area (Å²) in [5.74, 6) is 1.49. The second kappa shape index (κ2) is 5.62. The van der Waals surface area contributed by atoms with E-state index in [0.717, 1.165) is 5.56 Å². The smallest absolute Gasteiger partial charge is 0.222 e. The highest BCUT2D eigenvalue weighted by molar-refractivity contribution is 5.75. The van der Waals surface area contributed by atoms with Gasteiger partial charge in [0.05, 0.1) is 26.4 Å². The van der Waals surface area contributed by atoms with Crippen molar-refractivity contribution in [3.05, 3.63) is 23.8 Å². The Hall–Kier alpha value is -2.21. The predicted octanol–water partition coefficient (Wildman–Crippen LogP) is 2.09. The molecule has 0 aliphatic heterocycles. The fourth-order valence-corrected chi connectivity index (χ4v) is 1.88. The Balaban J connectivity index is 2.57. The fraction of sp³-hybridized carbons (Fsp3) is 0.308. The summed E-state index contributed by atoms with van der Waals surface area (Å²) in [6.45, 7) is 0.466. The fourth-order valence-electron chi connectivity index (χ4n) is 1.88. The lowest BCUT2D eigenvalue weighted by Crippen LogP contribution is -1.97. The second-order valence-corrected chi connectivity index (χ2v) is 3.92. The summed E-state index contributed by atoms with van der Waals surface area (Å²) in [5.41, 5.74) is 7.75. The SMILES string of the molecule is COCc1cc(OC)c(-c2cc(N)on2)c(OC)c1. The van der Waals surface area contributed by atoms with Gasteiger partial charge in [-0.05, 0) is 17.7 Å². The molecule has 0 bridgehead atoms. The van der Waals surface area contributed by atoms with Gasteiger partial charge < -0.3 is 24.5 Å². The summed E-state index contributed by atoms with van der Waals surface area (Å²) < 4.78 is 20.8. The van der Waals surface area contributed by atoms with Crippen molar-refractivity contribution in [1.29, 1.82) is 0 Å². The van der Waals surface area contributed by atoms with Crippen molar-refractivity contribution in [3.8, 4) is 22.8 Å². The molecule has 0 radical (unpaired) electrons. The topological polar surface area (TPSA) is 79.7 Å². The molecule has 0 atom stereocenters. The van der Waals surface area contributed by atoms with E-state index in [-0.39, 0.29) is 5.88 Å². The third-order valence-electron chi connectivity index (χ3n) is 2.66. The van der Waals surface area contributed by atoms with Crippen LogP contribution >= 0.6 is 0 Å². The first-order chi connectivity index (χ1) is 9.19. The van der Waals surface area contributed by atoms with Gasteiger partial charge >= 0.3 is 0 Å². The van der Waals surface area contributed by atoms with Crippen molar-refractivity contribution in [2.75, 3.05) is 27.1 Å². The number of rotatable bonds is 5. The molecule has 0 aliphatic rings. The first kappa shape index (κ1) is 13.2. The summed E-state index contributed by atoms with van der Waals surface area (Å²) >= 11 is 0. The summed E-state index contributed by atoms with van der Waals surface area (Å²) in [4.78, 5) is 0. The van der Waals surface area contributed by atoms with Gasteiger partial charge in [0.1, 0.15) is 17.2 Å². The Bertz CT molecular complexity index is 541. The van der Waals surface area contributed by atoms with Crippen LogP contribution in [0.1, 0.15) is 5.56 Å². The largest absolute Gasteiger partial charge is 0.496 e. The van der Waals surface area contributed by atoms with Crippen LogP contribution in [0.4, 0.5) is 5.88 Å². The van der Waals surface area contributed by atoms with Crippen molar-refractivity contribution < 1.29 is 18.7 Å². The van der Waals surface area contributed by atoms with Gasteiger partial charge in [-0.2, -0.15) is 0 Å². The minimum atomic E-state index is 0.236. The number of ether oxygens (including phenoxy) is 3. The van der Waals surface area contributed by atoms with Crippen LogP contribution in [-0.4, -0.2) is 26.5 Å². The highest BCUT2D eigenvalue weighted by Gasteiger charge is 2.18. The standard InChI is InChI=1S/C13H16N2O4/c1-16-7-8-4-10(17-2)13(11(5-8)18-3)9-6-12(14)19-15-9/h4-6H,7,14H2,1-3H3. The van der Waals surface area contributed by atoms with Gasteiger partial charge in [-0.15, -0.1) is 0 Å². The van der Waals surface area contributed by atoms with E-state index in [1.54, 1.807) is 27.4 Å². The molecule has 0 saturated carbocycles. The Morgan fingerprint density at radius 3 is 2.16 bits per heavy atom. The molecular formula is C13H16N2O4. The van der Waals surface area contributed by atoms with Crippen LogP contribution in [0.2, 0.25) is 0 Å². The van der Waals surface area contributed by atoms with Crippen LogP contribution in [0.25, 0.3) is 11.3 Å². The molecule has 2 rings (SSSR count). The molecule has 0 spiro atoms. The van der Waals surface area contributed by atoms with Crippen LogP contribution in [0.5, 0.6) is 11.5 Å². The number of nitrogens with zero attached hydrogens (tertiary/aromatic N) is 1. The van der Waals surface area contributed by atoms with Crippen LogP contribution < -0.4 is 15.2 Å². The predicted molar refractivity (Wildman–Crippen MR) is 70.2 cm³/mol. The Morgan fingerprint density at radius 2 is 1.74 bits per heavy atom. The van der Waals surface area contributed by atoms with Crippen LogP contribution in [0, 0.1) is 0 Å². The summed E-state index contributed by atoms with van der Waals surface area (Å²) in [7, 11) is 4.79. The first-order valence-corrected chi connectivity index (χ1v) is 5.66. The number of benzene rings is 1. The lowest BCUT2D eigenvalue weighted by atomic mass is 10.1. The van der Waals surface area contributed by atoms with Crippen molar-refractivity contribution in [2.45, 2.75) is 6.61 Å². The van der Waals surface area contributed by atoms with E-state index >= 15 is 0 Å². The maximum atomic E-state index is 5.55. The molecule has 2 N–H and O–H groups in total.